The van der Waals surface area contributed by atoms with Crippen LogP contribution in [0.25, 0.3) is 0 Å². The fourth-order valence-corrected chi connectivity index (χ4v) is 19.5. The number of nitrogens with zero attached hydrogens (tertiary/aromatic N) is 9. The van der Waals surface area contributed by atoms with E-state index in [1.165, 1.54) is 88.6 Å². The van der Waals surface area contributed by atoms with Gasteiger partial charge in [-0.1, -0.05) is 111 Å². The van der Waals surface area contributed by atoms with E-state index in [-0.39, 0.29) is 108 Å². The Morgan fingerprint density at radius 1 is 0.615 bits per heavy atom. The first-order valence-corrected chi connectivity index (χ1v) is 40.9. The molecule has 12 amide bonds. The number of methoxy groups -OCH3 is 1. The Morgan fingerprint density at radius 2 is 1.26 bits per heavy atom. The number of hydrogen-bond acceptors (Lipinski definition) is 14. The standard InChI is InChI=1S/C80H127F3N12O14/c1-13-40-109-55-43-60-70(100)86-79(48-78(4,5)49-79)77(107)92(11)68(54-25-18-19-26-54)76(106)91(10)61(73(103)93-37-22-23-38-93)44-65(97)89(8)58-27-20-17-24-51-29-31-52(32-30-51)41-62(94-39-21-15-16-28-59(74(94)104)90(9)66(98)47-88(7)75(105)67(50(3)14-2)85-69(58)99)72(102)87(6)46-64(96)84-57(71(101)95(60)45-55)36-34-53-33-35-56(80(81,82)83)63(42-53)108-12/h15-16,50-63,67-68H,13-14,17-49H2,1-12H3,(H,84,96)(H,85,99)(H,86,100)/b16-15-/t50-,51?,52?,53?,55+,56?,57-,58-,59-,60-,61-,62-,63?,67-,68-/m0/s1. The van der Waals surface area contributed by atoms with Gasteiger partial charge in [-0.3, -0.25) is 57.5 Å². The Morgan fingerprint density at radius 3 is 1.90 bits per heavy atom. The van der Waals surface area contributed by atoms with Crippen LogP contribution in [-0.4, -0.2) is 283 Å². The van der Waals surface area contributed by atoms with Gasteiger partial charge in [0, 0.05) is 88.6 Å². The van der Waals surface area contributed by atoms with Crippen LogP contribution in [0.4, 0.5) is 13.2 Å². The highest BCUT2D eigenvalue weighted by molar-refractivity contribution is 6.01. The normalized spacial score (nSPS) is 32.9. The molecule has 7 heterocycles. The largest absolute Gasteiger partial charge is 0.394 e. The molecule has 4 saturated carbocycles. The van der Waals surface area contributed by atoms with E-state index in [2.05, 4.69) is 16.0 Å². The Labute approximate surface area is 643 Å². The van der Waals surface area contributed by atoms with Crippen LogP contribution < -0.4 is 16.0 Å². The monoisotopic (exact) mass is 1540 g/mol. The van der Waals surface area contributed by atoms with E-state index in [1.807, 2.05) is 33.8 Å². The van der Waals surface area contributed by atoms with Crippen molar-refractivity contribution < 1.29 is 80.2 Å². The molecule has 0 aromatic carbocycles. The van der Waals surface area contributed by atoms with E-state index < -0.39 is 186 Å². The lowest BCUT2D eigenvalue weighted by molar-refractivity contribution is -0.215. The molecule has 13 atom stereocenters. The maximum absolute atomic E-state index is 16.0. The van der Waals surface area contributed by atoms with Crippen molar-refractivity contribution in [1.82, 2.24) is 60.0 Å². The number of likely N-dealkylation sites (N-methyl/N-ethyl adjacent to an activating group) is 6. The predicted molar refractivity (Wildman–Crippen MR) is 401 cm³/mol. The minimum atomic E-state index is -4.52. The SMILES string of the molecule is CCCO[C@@H]1C[C@H]2C(=O)NC3(CC(C)(C)C3)C(=O)N(C)[C@@H](C3CCCC3)C(=O)N(C)[C@H](C(=O)N3CCCC3)CC(=O)N(C)[C@H]3CCCCC4CCC(CC4)C[C@@H](C(=O)N(C)CC(=O)N[C@@H](CCC4CCC(C(F)(F)F)C(OC)C4)C(=O)N2C1)N1CC/C=C\C[C@@H](C1=O)N(C)C(=O)CN(C)C(=O)[C@H]([C@@H](C)CC)NC3=O. The summed E-state index contributed by atoms with van der Waals surface area (Å²) in [6.45, 7) is 9.30. The lowest BCUT2D eigenvalue weighted by Crippen LogP contribution is -2.71. The molecular weight excluding hydrogens is 1410 g/mol. The molecule has 109 heavy (non-hydrogen) atoms. The van der Waals surface area contributed by atoms with Crippen LogP contribution in [0, 0.1) is 40.9 Å². The summed E-state index contributed by atoms with van der Waals surface area (Å²) in [6, 6.07) is -9.98. The Bertz CT molecular complexity index is 3280. The quantitative estimate of drug-likeness (QED) is 0.145. The number of rotatable bonds is 11. The second-order valence-corrected chi connectivity index (χ2v) is 34.5. The second kappa shape index (κ2) is 37.6. The molecule has 6 bridgehead atoms. The lowest BCUT2D eigenvalue weighted by Gasteiger charge is -2.54. The van der Waals surface area contributed by atoms with Crippen molar-refractivity contribution >= 4 is 70.9 Å². The fourth-order valence-electron chi connectivity index (χ4n) is 19.5. The van der Waals surface area contributed by atoms with E-state index in [0.29, 0.717) is 83.7 Å². The van der Waals surface area contributed by atoms with Crippen LogP contribution in [0.3, 0.4) is 0 Å². The van der Waals surface area contributed by atoms with Gasteiger partial charge in [-0.15, -0.1) is 0 Å². The highest BCUT2D eigenvalue weighted by Crippen LogP contribution is 2.50. The molecule has 3 N–H and O–H groups in total. The summed E-state index contributed by atoms with van der Waals surface area (Å²) in [5, 5.41) is 9.06. The second-order valence-electron chi connectivity index (χ2n) is 34.5. The zero-order valence-electron chi connectivity index (χ0n) is 67.0. The summed E-state index contributed by atoms with van der Waals surface area (Å²) < 4.78 is 54.9. The predicted octanol–water partition coefficient (Wildman–Crippen LogP) is 6.61. The third-order valence-electron chi connectivity index (χ3n) is 26.0. The molecule has 0 aromatic rings. The molecule has 11 rings (SSSR count). The third kappa shape index (κ3) is 20.7. The smallest absolute Gasteiger partial charge is 0.381 e. The lowest BCUT2D eigenvalue weighted by atomic mass is 9.58. The van der Waals surface area contributed by atoms with Gasteiger partial charge < -0.3 is 69.5 Å². The van der Waals surface area contributed by atoms with E-state index in [1.54, 1.807) is 17.9 Å². The molecular formula is C80H127F3N12O14. The van der Waals surface area contributed by atoms with E-state index in [0.717, 1.165) is 32.1 Å². The number of amides is 12. The molecule has 0 radical (unpaired) electrons. The van der Waals surface area contributed by atoms with Gasteiger partial charge in [-0.25, -0.2) is 0 Å². The molecule has 4 aliphatic carbocycles. The molecule has 7 aliphatic heterocycles. The molecule has 26 nitrogen and oxygen atoms in total. The first-order valence-electron chi connectivity index (χ1n) is 40.9. The number of halogens is 3. The zero-order chi connectivity index (χ0) is 79.6. The molecule has 10 fully saturated rings. The number of ether oxygens (including phenoxy) is 2. The number of nitrogens with one attached hydrogen (secondary N) is 3. The number of carbonyl (C=O) groups is 12. The summed E-state index contributed by atoms with van der Waals surface area (Å²) in [5.41, 5.74) is -2.16. The van der Waals surface area contributed by atoms with Crippen molar-refractivity contribution in [2.75, 3.05) is 95.3 Å². The van der Waals surface area contributed by atoms with Gasteiger partial charge in [0.1, 0.15) is 53.9 Å². The number of likely N-dealkylation sites (tertiary alicyclic amines) is 1. The van der Waals surface area contributed by atoms with Gasteiger partial charge in [0.05, 0.1) is 37.6 Å². The molecule has 11 aliphatic rings. The van der Waals surface area contributed by atoms with Crippen molar-refractivity contribution in [3.63, 3.8) is 0 Å². The number of alkyl halides is 3. The average Bonchev–Trinajstić information content (AvgIpc) is 1.35. The van der Waals surface area contributed by atoms with Crippen LogP contribution in [0.2, 0.25) is 0 Å². The number of fused-ring (bicyclic) bond motifs is 22. The molecule has 612 valence electrons. The van der Waals surface area contributed by atoms with E-state index >= 15 is 47.9 Å². The van der Waals surface area contributed by atoms with Crippen molar-refractivity contribution in [3.8, 4) is 0 Å². The molecule has 1 spiro atoms. The highest BCUT2D eigenvalue weighted by Gasteiger charge is 2.60. The summed E-state index contributed by atoms with van der Waals surface area (Å²) in [7, 11) is 10.1. The van der Waals surface area contributed by atoms with Gasteiger partial charge >= 0.3 is 6.18 Å². The first-order chi connectivity index (χ1) is 51.6. The summed E-state index contributed by atoms with van der Waals surface area (Å²) in [4.78, 5) is 198. The van der Waals surface area contributed by atoms with Gasteiger partial charge in [0.25, 0.3) is 0 Å². The summed E-state index contributed by atoms with van der Waals surface area (Å²) >= 11 is 0. The van der Waals surface area contributed by atoms with Crippen LogP contribution >= 0.6 is 0 Å². The average molecular weight is 1540 g/mol. The van der Waals surface area contributed by atoms with Crippen molar-refractivity contribution in [3.05, 3.63) is 12.2 Å². The van der Waals surface area contributed by atoms with Gasteiger partial charge in [0.2, 0.25) is 70.9 Å². The molecule has 6 saturated heterocycles. The minimum absolute atomic E-state index is 0.0169. The topological polar surface area (TPSA) is 289 Å². The summed E-state index contributed by atoms with van der Waals surface area (Å²) in [5.74, 6) is -10.2. The Hall–Kier alpha value is -6.91. The number of carbonyl (C=O) groups excluding carboxylic acids is 12. The maximum atomic E-state index is 16.0. The van der Waals surface area contributed by atoms with E-state index in [9.17, 15) is 22.8 Å². The zero-order valence-corrected chi connectivity index (χ0v) is 67.0. The highest BCUT2D eigenvalue weighted by atomic mass is 19.4. The minimum Gasteiger partial charge on any atom is -0.381 e. The van der Waals surface area contributed by atoms with Gasteiger partial charge in [-0.2, -0.15) is 13.2 Å². The van der Waals surface area contributed by atoms with Gasteiger partial charge in [0.15, 0.2) is 0 Å². The van der Waals surface area contributed by atoms with Crippen molar-refractivity contribution in [1.29, 1.82) is 0 Å². The molecule has 0 aromatic heterocycles. The molecule has 29 heteroatoms. The number of hydrogen-bond donors (Lipinski definition) is 3. The van der Waals surface area contributed by atoms with Crippen LogP contribution in [-0.2, 0) is 67.0 Å². The van der Waals surface area contributed by atoms with Crippen molar-refractivity contribution in [2.45, 2.75) is 287 Å². The van der Waals surface area contributed by atoms with Gasteiger partial charge in [-0.05, 0) is 138 Å². The fraction of sp³-hybridized carbons (Fsp3) is 0.825. The van der Waals surface area contributed by atoms with Crippen LogP contribution in [0.5, 0.6) is 0 Å². The Kier molecular flexibility index (Phi) is 29.7. The van der Waals surface area contributed by atoms with Crippen LogP contribution in [0.15, 0.2) is 12.2 Å². The maximum Gasteiger partial charge on any atom is 0.394 e. The molecule has 3 unspecified atom stereocenters. The van der Waals surface area contributed by atoms with E-state index in [4.69, 9.17) is 9.47 Å². The van der Waals surface area contributed by atoms with Crippen LogP contribution in [0.1, 0.15) is 214 Å². The Balaban J connectivity index is 1.16. The summed E-state index contributed by atoms with van der Waals surface area (Å²) in [6.07, 6.45) is 7.52. The first kappa shape index (κ1) is 86.1. The van der Waals surface area contributed by atoms with Crippen molar-refractivity contribution in [2.24, 2.45) is 40.9 Å². The third-order valence-corrected chi connectivity index (χ3v) is 26.0.